The summed E-state index contributed by atoms with van der Waals surface area (Å²) < 4.78 is 0. The van der Waals surface area contributed by atoms with E-state index in [-0.39, 0.29) is 30.7 Å². The summed E-state index contributed by atoms with van der Waals surface area (Å²) in [7, 11) is 1.89. The second kappa shape index (κ2) is 10.8. The summed E-state index contributed by atoms with van der Waals surface area (Å²) >= 11 is 0. The fourth-order valence-corrected chi connectivity index (χ4v) is 2.42. The lowest BCUT2D eigenvalue weighted by atomic mass is 10.1. The van der Waals surface area contributed by atoms with Gasteiger partial charge in [0.05, 0.1) is 6.54 Å². The number of rotatable bonds is 5. The van der Waals surface area contributed by atoms with Gasteiger partial charge < -0.3 is 10.2 Å². The average Bonchev–Trinajstić information content (AvgIpc) is 2.49. The highest BCUT2D eigenvalue weighted by Gasteiger charge is 2.16. The van der Waals surface area contributed by atoms with Crippen LogP contribution in [0.4, 0.5) is 0 Å². The Balaban J connectivity index is 0.00000220. The maximum absolute atomic E-state index is 12.2. The van der Waals surface area contributed by atoms with Crippen LogP contribution in [0, 0.1) is 0 Å². The molecule has 1 saturated heterocycles. The Labute approximate surface area is 146 Å². The first-order chi connectivity index (χ1) is 9.69. The molecule has 1 amide bonds. The summed E-state index contributed by atoms with van der Waals surface area (Å²) in [5.41, 5.74) is 2.53. The van der Waals surface area contributed by atoms with Crippen LogP contribution >= 0.6 is 24.8 Å². The topological polar surface area (TPSA) is 35.6 Å². The third kappa shape index (κ3) is 6.53. The van der Waals surface area contributed by atoms with Gasteiger partial charge in [0.25, 0.3) is 0 Å². The maximum Gasteiger partial charge on any atom is 0.236 e. The van der Waals surface area contributed by atoms with E-state index in [1.54, 1.807) is 0 Å². The summed E-state index contributed by atoms with van der Waals surface area (Å²) in [6, 6.07) is 8.52. The molecule has 0 bridgehead atoms. The molecule has 0 saturated carbocycles. The third-order valence-corrected chi connectivity index (χ3v) is 3.85. The number of piperazine rings is 1. The molecule has 1 aliphatic rings. The van der Waals surface area contributed by atoms with Gasteiger partial charge in [0.15, 0.2) is 0 Å². The van der Waals surface area contributed by atoms with Gasteiger partial charge in [0.1, 0.15) is 0 Å². The standard InChI is InChI=1S/C16H25N3O.2ClH/c1-3-14-4-6-15(7-5-14)12-18(2)16(20)13-19-10-8-17-9-11-19;;/h4-7,17H,3,8-13H2,1-2H3;2*1H. The van der Waals surface area contributed by atoms with Crippen molar-refractivity contribution in [1.29, 1.82) is 0 Å². The van der Waals surface area contributed by atoms with Gasteiger partial charge in [0.2, 0.25) is 5.91 Å². The Morgan fingerprint density at radius 2 is 1.68 bits per heavy atom. The van der Waals surface area contributed by atoms with E-state index in [9.17, 15) is 4.79 Å². The van der Waals surface area contributed by atoms with Crippen molar-refractivity contribution < 1.29 is 4.79 Å². The molecule has 1 aromatic rings. The third-order valence-electron chi connectivity index (χ3n) is 3.85. The van der Waals surface area contributed by atoms with Gasteiger partial charge in [-0.15, -0.1) is 24.8 Å². The van der Waals surface area contributed by atoms with Crippen LogP contribution < -0.4 is 5.32 Å². The highest BCUT2D eigenvalue weighted by Crippen LogP contribution is 2.08. The Bertz CT molecular complexity index is 434. The van der Waals surface area contributed by atoms with E-state index in [4.69, 9.17) is 0 Å². The van der Waals surface area contributed by atoms with E-state index in [1.807, 2.05) is 11.9 Å². The number of nitrogens with one attached hydrogen (secondary N) is 1. The summed E-state index contributed by atoms with van der Waals surface area (Å²) in [5.74, 6) is 0.200. The zero-order valence-electron chi connectivity index (χ0n) is 13.4. The molecule has 22 heavy (non-hydrogen) atoms. The summed E-state index contributed by atoms with van der Waals surface area (Å²) in [4.78, 5) is 16.2. The van der Waals surface area contributed by atoms with Gasteiger partial charge >= 0.3 is 0 Å². The van der Waals surface area contributed by atoms with Crippen LogP contribution in [0.15, 0.2) is 24.3 Å². The minimum atomic E-state index is 0. The van der Waals surface area contributed by atoms with E-state index >= 15 is 0 Å². The number of likely N-dealkylation sites (N-methyl/N-ethyl adjacent to an activating group) is 1. The number of nitrogens with zero attached hydrogens (tertiary/aromatic N) is 2. The molecule has 1 N–H and O–H groups in total. The molecular weight excluding hydrogens is 321 g/mol. The predicted octanol–water partition coefficient (Wildman–Crippen LogP) is 1.96. The number of carbonyl (C=O) groups is 1. The lowest BCUT2D eigenvalue weighted by molar-refractivity contribution is -0.131. The highest BCUT2D eigenvalue weighted by molar-refractivity contribution is 5.85. The first kappa shape index (κ1) is 21.2. The Hall–Kier alpha value is -0.810. The minimum absolute atomic E-state index is 0. The first-order valence-electron chi connectivity index (χ1n) is 7.44. The van der Waals surface area contributed by atoms with E-state index in [0.717, 1.165) is 32.6 Å². The molecule has 0 atom stereocenters. The largest absolute Gasteiger partial charge is 0.340 e. The molecule has 0 aromatic heterocycles. The van der Waals surface area contributed by atoms with Crippen molar-refractivity contribution in [1.82, 2.24) is 15.1 Å². The monoisotopic (exact) mass is 347 g/mol. The van der Waals surface area contributed by atoms with Crippen LogP contribution in [0.1, 0.15) is 18.1 Å². The van der Waals surface area contributed by atoms with Crippen molar-refractivity contribution >= 4 is 30.7 Å². The number of benzene rings is 1. The molecule has 0 radical (unpaired) electrons. The van der Waals surface area contributed by atoms with Gasteiger partial charge in [0, 0.05) is 39.8 Å². The van der Waals surface area contributed by atoms with Crippen molar-refractivity contribution in [2.75, 3.05) is 39.8 Å². The zero-order valence-corrected chi connectivity index (χ0v) is 15.0. The Kier molecular flexibility index (Phi) is 10.4. The molecule has 0 spiro atoms. The molecule has 6 heteroatoms. The zero-order chi connectivity index (χ0) is 14.4. The van der Waals surface area contributed by atoms with Gasteiger partial charge in [-0.25, -0.2) is 0 Å². The molecule has 1 heterocycles. The molecule has 2 rings (SSSR count). The number of carbonyl (C=O) groups excluding carboxylic acids is 1. The predicted molar refractivity (Wildman–Crippen MR) is 96.1 cm³/mol. The molecule has 126 valence electrons. The van der Waals surface area contributed by atoms with E-state index in [2.05, 4.69) is 41.4 Å². The molecule has 1 aromatic carbocycles. The SMILES string of the molecule is CCc1ccc(CN(C)C(=O)CN2CCNCC2)cc1.Cl.Cl. The van der Waals surface area contributed by atoms with Crippen LogP contribution in [0.2, 0.25) is 0 Å². The van der Waals surface area contributed by atoms with E-state index < -0.39 is 0 Å². The van der Waals surface area contributed by atoms with Crippen molar-refractivity contribution in [3.05, 3.63) is 35.4 Å². The highest BCUT2D eigenvalue weighted by atomic mass is 35.5. The van der Waals surface area contributed by atoms with Crippen molar-refractivity contribution in [2.45, 2.75) is 19.9 Å². The van der Waals surface area contributed by atoms with Crippen LogP contribution in [0.3, 0.4) is 0 Å². The smallest absolute Gasteiger partial charge is 0.236 e. The summed E-state index contributed by atoms with van der Waals surface area (Å²) in [5, 5.41) is 3.30. The molecule has 4 nitrogen and oxygen atoms in total. The fourth-order valence-electron chi connectivity index (χ4n) is 2.42. The Morgan fingerprint density at radius 3 is 2.23 bits per heavy atom. The lowest BCUT2D eigenvalue weighted by Gasteiger charge is -2.28. The van der Waals surface area contributed by atoms with Crippen LogP contribution in [-0.2, 0) is 17.8 Å². The average molecular weight is 348 g/mol. The van der Waals surface area contributed by atoms with Crippen molar-refractivity contribution in [3.63, 3.8) is 0 Å². The van der Waals surface area contributed by atoms with Crippen LogP contribution in [-0.4, -0.2) is 55.5 Å². The first-order valence-corrected chi connectivity index (χ1v) is 7.44. The molecule has 0 aliphatic carbocycles. The summed E-state index contributed by atoms with van der Waals surface area (Å²) in [6.07, 6.45) is 1.05. The van der Waals surface area contributed by atoms with Gasteiger partial charge in [-0.1, -0.05) is 31.2 Å². The number of hydrogen-bond donors (Lipinski definition) is 1. The Morgan fingerprint density at radius 1 is 1.14 bits per heavy atom. The number of aryl methyl sites for hydroxylation is 1. The van der Waals surface area contributed by atoms with E-state index in [0.29, 0.717) is 13.1 Å². The minimum Gasteiger partial charge on any atom is -0.340 e. The van der Waals surface area contributed by atoms with Crippen molar-refractivity contribution in [2.24, 2.45) is 0 Å². The number of halogens is 2. The fraction of sp³-hybridized carbons (Fsp3) is 0.562. The second-order valence-corrected chi connectivity index (χ2v) is 5.45. The molecule has 1 fully saturated rings. The molecule has 0 unspecified atom stereocenters. The van der Waals surface area contributed by atoms with Crippen LogP contribution in [0.5, 0.6) is 0 Å². The molecule has 1 aliphatic heterocycles. The van der Waals surface area contributed by atoms with Crippen molar-refractivity contribution in [3.8, 4) is 0 Å². The lowest BCUT2D eigenvalue weighted by Crippen LogP contribution is -2.47. The van der Waals surface area contributed by atoms with Gasteiger partial charge in [-0.2, -0.15) is 0 Å². The quantitative estimate of drug-likeness (QED) is 0.884. The van der Waals surface area contributed by atoms with Crippen LogP contribution in [0.25, 0.3) is 0 Å². The normalized spacial score (nSPS) is 14.6. The number of amides is 1. The van der Waals surface area contributed by atoms with Gasteiger partial charge in [-0.05, 0) is 17.5 Å². The second-order valence-electron chi connectivity index (χ2n) is 5.45. The maximum atomic E-state index is 12.2. The number of hydrogen-bond acceptors (Lipinski definition) is 3. The summed E-state index contributed by atoms with van der Waals surface area (Å²) in [6.45, 7) is 7.26. The van der Waals surface area contributed by atoms with Gasteiger partial charge in [-0.3, -0.25) is 9.69 Å². The van der Waals surface area contributed by atoms with E-state index in [1.165, 1.54) is 11.1 Å². The molecular formula is C16H27Cl2N3O.